The van der Waals surface area contributed by atoms with Gasteiger partial charge >= 0.3 is 0 Å². The summed E-state index contributed by atoms with van der Waals surface area (Å²) < 4.78 is 5.65. The van der Waals surface area contributed by atoms with Crippen molar-refractivity contribution in [2.45, 2.75) is 19.8 Å². The molecule has 1 amide bonds. The molecule has 0 saturated heterocycles. The molecule has 1 aliphatic rings. The van der Waals surface area contributed by atoms with Crippen molar-refractivity contribution in [2.24, 2.45) is 5.92 Å². The number of aryl methyl sites for hydroxylation is 1. The minimum Gasteiger partial charge on any atom is -0.492 e. The quantitative estimate of drug-likeness (QED) is 0.787. The molecule has 0 atom stereocenters. The lowest BCUT2D eigenvalue weighted by molar-refractivity contribution is -0.129. The Balaban J connectivity index is 1.60. The molecule has 1 aromatic carbocycles. The van der Waals surface area contributed by atoms with Crippen LogP contribution >= 0.6 is 0 Å². The van der Waals surface area contributed by atoms with E-state index in [-0.39, 0.29) is 5.91 Å². The predicted octanol–water partition coefficient (Wildman–Crippen LogP) is 1.83. The second-order valence-corrected chi connectivity index (χ2v) is 5.55. The Morgan fingerprint density at radius 2 is 2.25 bits per heavy atom. The molecule has 1 saturated carbocycles. The molecule has 0 heterocycles. The SMILES string of the molecule is Cc1cccc(OCCN(C)C(=O)CNCC2CC2)c1. The number of nitrogens with one attached hydrogen (secondary N) is 1. The van der Waals surface area contributed by atoms with Crippen LogP contribution in [0.4, 0.5) is 0 Å². The average molecular weight is 276 g/mol. The number of carbonyl (C=O) groups excluding carboxylic acids is 1. The zero-order valence-electron chi connectivity index (χ0n) is 12.4. The van der Waals surface area contributed by atoms with Gasteiger partial charge in [0.25, 0.3) is 0 Å². The van der Waals surface area contributed by atoms with Crippen molar-refractivity contribution in [1.29, 1.82) is 0 Å². The second kappa shape index (κ2) is 7.29. The summed E-state index contributed by atoms with van der Waals surface area (Å²) in [4.78, 5) is 13.6. The number of benzene rings is 1. The van der Waals surface area contributed by atoms with Crippen LogP contribution in [0.25, 0.3) is 0 Å². The summed E-state index contributed by atoms with van der Waals surface area (Å²) in [5.74, 6) is 1.79. The van der Waals surface area contributed by atoms with E-state index in [1.165, 1.54) is 18.4 Å². The van der Waals surface area contributed by atoms with Gasteiger partial charge in [-0.2, -0.15) is 0 Å². The third-order valence-corrected chi connectivity index (χ3v) is 3.52. The molecule has 0 aliphatic heterocycles. The number of nitrogens with zero attached hydrogens (tertiary/aromatic N) is 1. The standard InChI is InChI=1S/C16H24N2O2/c1-13-4-3-5-15(10-13)20-9-8-18(2)16(19)12-17-11-14-6-7-14/h3-5,10,14,17H,6-9,11-12H2,1-2H3. The lowest BCUT2D eigenvalue weighted by Crippen LogP contribution is -2.38. The van der Waals surface area contributed by atoms with E-state index in [4.69, 9.17) is 4.74 Å². The third-order valence-electron chi connectivity index (χ3n) is 3.52. The molecule has 4 nitrogen and oxygen atoms in total. The molecule has 0 unspecified atom stereocenters. The minimum atomic E-state index is 0.124. The van der Waals surface area contributed by atoms with Crippen LogP contribution in [0.3, 0.4) is 0 Å². The lowest BCUT2D eigenvalue weighted by Gasteiger charge is -2.18. The van der Waals surface area contributed by atoms with E-state index in [2.05, 4.69) is 5.32 Å². The average Bonchev–Trinajstić information content (AvgIpc) is 3.22. The van der Waals surface area contributed by atoms with Crippen LogP contribution in [0.5, 0.6) is 5.75 Å². The maximum atomic E-state index is 11.8. The number of likely N-dealkylation sites (N-methyl/N-ethyl adjacent to an activating group) is 1. The van der Waals surface area contributed by atoms with Crippen molar-refractivity contribution < 1.29 is 9.53 Å². The monoisotopic (exact) mass is 276 g/mol. The maximum Gasteiger partial charge on any atom is 0.236 e. The van der Waals surface area contributed by atoms with Crippen LogP contribution in [-0.4, -0.2) is 44.1 Å². The van der Waals surface area contributed by atoms with E-state index in [0.29, 0.717) is 19.7 Å². The Labute approximate surface area is 121 Å². The van der Waals surface area contributed by atoms with Crippen molar-refractivity contribution in [3.8, 4) is 5.75 Å². The minimum absolute atomic E-state index is 0.124. The number of carbonyl (C=O) groups is 1. The number of amides is 1. The van der Waals surface area contributed by atoms with Gasteiger partial charge in [-0.3, -0.25) is 4.79 Å². The highest BCUT2D eigenvalue weighted by atomic mass is 16.5. The Bertz CT molecular complexity index is 444. The second-order valence-electron chi connectivity index (χ2n) is 5.55. The van der Waals surface area contributed by atoms with Gasteiger partial charge in [-0.15, -0.1) is 0 Å². The molecule has 0 radical (unpaired) electrons. The molecule has 4 heteroatoms. The summed E-state index contributed by atoms with van der Waals surface area (Å²) >= 11 is 0. The van der Waals surface area contributed by atoms with Crippen molar-refractivity contribution in [1.82, 2.24) is 10.2 Å². The van der Waals surface area contributed by atoms with Crippen LogP contribution in [0, 0.1) is 12.8 Å². The highest BCUT2D eigenvalue weighted by molar-refractivity contribution is 5.77. The molecule has 0 spiro atoms. The van der Waals surface area contributed by atoms with Crippen molar-refractivity contribution >= 4 is 5.91 Å². The van der Waals surface area contributed by atoms with Gasteiger partial charge in [0.05, 0.1) is 13.1 Å². The molecule has 110 valence electrons. The topological polar surface area (TPSA) is 41.6 Å². The molecular formula is C16H24N2O2. The molecule has 1 aliphatic carbocycles. The van der Waals surface area contributed by atoms with Gasteiger partial charge < -0.3 is 15.0 Å². The van der Waals surface area contributed by atoms with Gasteiger partial charge in [-0.25, -0.2) is 0 Å². The summed E-state index contributed by atoms with van der Waals surface area (Å²) in [6.07, 6.45) is 2.61. The summed E-state index contributed by atoms with van der Waals surface area (Å²) in [6.45, 7) is 4.57. The maximum absolute atomic E-state index is 11.8. The summed E-state index contributed by atoms with van der Waals surface area (Å²) in [6, 6.07) is 7.94. The van der Waals surface area contributed by atoms with E-state index in [1.54, 1.807) is 4.90 Å². The molecule has 1 fully saturated rings. The fourth-order valence-corrected chi connectivity index (χ4v) is 1.97. The molecule has 0 aromatic heterocycles. The van der Waals surface area contributed by atoms with Crippen LogP contribution in [-0.2, 0) is 4.79 Å². The Hall–Kier alpha value is -1.55. The highest BCUT2D eigenvalue weighted by Crippen LogP contribution is 2.27. The molecule has 0 bridgehead atoms. The lowest BCUT2D eigenvalue weighted by atomic mass is 10.2. The van der Waals surface area contributed by atoms with Crippen LogP contribution in [0.15, 0.2) is 24.3 Å². The Morgan fingerprint density at radius 1 is 1.45 bits per heavy atom. The van der Waals surface area contributed by atoms with Crippen molar-refractivity contribution in [3.05, 3.63) is 29.8 Å². The van der Waals surface area contributed by atoms with Gasteiger partial charge in [0.1, 0.15) is 12.4 Å². The third kappa shape index (κ3) is 5.21. The fraction of sp³-hybridized carbons (Fsp3) is 0.562. The van der Waals surface area contributed by atoms with Crippen molar-refractivity contribution in [2.75, 3.05) is 33.3 Å². The van der Waals surface area contributed by atoms with Crippen LogP contribution in [0.2, 0.25) is 0 Å². The van der Waals surface area contributed by atoms with E-state index >= 15 is 0 Å². The number of hydrogen-bond donors (Lipinski definition) is 1. The molecule has 20 heavy (non-hydrogen) atoms. The van der Waals surface area contributed by atoms with Gasteiger partial charge in [0, 0.05) is 7.05 Å². The van der Waals surface area contributed by atoms with E-state index < -0.39 is 0 Å². The number of hydrogen-bond acceptors (Lipinski definition) is 3. The van der Waals surface area contributed by atoms with Gasteiger partial charge in [-0.1, -0.05) is 12.1 Å². The first-order chi connectivity index (χ1) is 9.65. The predicted molar refractivity (Wildman–Crippen MR) is 79.9 cm³/mol. The first kappa shape index (κ1) is 14.9. The summed E-state index contributed by atoms with van der Waals surface area (Å²) in [5.41, 5.74) is 1.18. The fourth-order valence-electron chi connectivity index (χ4n) is 1.97. The van der Waals surface area contributed by atoms with E-state index in [9.17, 15) is 4.79 Å². The highest BCUT2D eigenvalue weighted by Gasteiger charge is 2.20. The van der Waals surface area contributed by atoms with Gasteiger partial charge in [-0.05, 0) is 49.9 Å². The van der Waals surface area contributed by atoms with Crippen LogP contribution in [0.1, 0.15) is 18.4 Å². The smallest absolute Gasteiger partial charge is 0.236 e. The number of ether oxygens (including phenoxy) is 1. The Morgan fingerprint density at radius 3 is 2.95 bits per heavy atom. The molecule has 1 aromatic rings. The molecular weight excluding hydrogens is 252 g/mol. The van der Waals surface area contributed by atoms with Crippen LogP contribution < -0.4 is 10.1 Å². The normalized spacial score (nSPS) is 14.1. The zero-order chi connectivity index (χ0) is 14.4. The molecule has 1 N–H and O–H groups in total. The summed E-state index contributed by atoms with van der Waals surface area (Å²) in [7, 11) is 1.82. The largest absolute Gasteiger partial charge is 0.492 e. The van der Waals surface area contributed by atoms with Gasteiger partial charge in [0.2, 0.25) is 5.91 Å². The van der Waals surface area contributed by atoms with E-state index in [0.717, 1.165) is 18.2 Å². The summed E-state index contributed by atoms with van der Waals surface area (Å²) in [5, 5.41) is 3.21. The Kier molecular flexibility index (Phi) is 5.41. The first-order valence-electron chi connectivity index (χ1n) is 7.29. The first-order valence-corrected chi connectivity index (χ1v) is 7.29. The zero-order valence-corrected chi connectivity index (χ0v) is 12.4. The van der Waals surface area contributed by atoms with Gasteiger partial charge in [0.15, 0.2) is 0 Å². The molecule has 2 rings (SSSR count). The van der Waals surface area contributed by atoms with E-state index in [1.807, 2.05) is 38.2 Å². The van der Waals surface area contributed by atoms with Crippen molar-refractivity contribution in [3.63, 3.8) is 0 Å². The number of rotatable bonds is 8.